The maximum atomic E-state index is 13.7. The number of Topliss-reactive ketones (excluding diaryl/α,β-unsaturated/α-hetero) is 2. The maximum absolute atomic E-state index is 13.7. The number of fused-ring (bicyclic) bond motifs is 3. The number of ether oxygens (including phenoxy) is 4. The van der Waals surface area contributed by atoms with Crippen molar-refractivity contribution in [3.05, 3.63) is 46.2 Å². The Labute approximate surface area is 426 Å². The number of benzene rings is 1. The molecule has 6 aliphatic rings. The van der Waals surface area contributed by atoms with E-state index < -0.39 is 191 Å². The van der Waals surface area contributed by atoms with Gasteiger partial charge in [0.05, 0.1) is 59.4 Å². The van der Waals surface area contributed by atoms with Crippen molar-refractivity contribution >= 4 is 29.1 Å². The van der Waals surface area contributed by atoms with Gasteiger partial charge in [-0.25, -0.2) is 0 Å². The van der Waals surface area contributed by atoms with Gasteiger partial charge in [-0.05, 0) is 52.0 Å². The number of carbonyl (C=O) groups is 4. The third kappa shape index (κ3) is 10.9. The molecule has 1 aromatic carbocycles. The van der Waals surface area contributed by atoms with E-state index in [9.17, 15) is 90.7 Å². The largest absolute Gasteiger partial charge is 0.508 e. The van der Waals surface area contributed by atoms with Crippen LogP contribution in [0.25, 0.3) is 5.76 Å². The van der Waals surface area contributed by atoms with Crippen LogP contribution in [0.2, 0.25) is 0 Å². The lowest BCUT2D eigenvalue weighted by Crippen LogP contribution is -2.71. The highest BCUT2D eigenvalue weighted by Gasteiger charge is 2.70. The van der Waals surface area contributed by atoms with E-state index in [1.54, 1.807) is 0 Å². The first-order valence-corrected chi connectivity index (χ1v) is 23.1. The molecule has 2 amide bonds. The van der Waals surface area contributed by atoms with E-state index in [1.165, 1.54) is 44.1 Å². The topological polar surface area (TPSA) is 597 Å². The van der Waals surface area contributed by atoms with E-state index in [-0.39, 0.29) is 48.0 Å². The van der Waals surface area contributed by atoms with Crippen molar-refractivity contribution in [2.24, 2.45) is 40.5 Å². The first kappa shape index (κ1) is 63.0. The minimum absolute atomic E-state index is 0. The Hall–Kier alpha value is -4.50. The summed E-state index contributed by atoms with van der Waals surface area (Å²) < 4.78 is 22.5. The fourth-order valence-corrected chi connectivity index (χ4v) is 10.7. The van der Waals surface area contributed by atoms with Gasteiger partial charge in [0.15, 0.2) is 24.0 Å². The van der Waals surface area contributed by atoms with Crippen molar-refractivity contribution < 1.29 is 121 Å². The Morgan fingerprint density at radius 2 is 1.44 bits per heavy atom. The molecule has 0 bridgehead atoms. The minimum Gasteiger partial charge on any atom is -0.508 e. The van der Waals surface area contributed by atoms with Gasteiger partial charge in [-0.3, -0.25) is 24.1 Å². The molecule has 0 spiro atoms. The molecule has 31 heteroatoms. The molecule has 426 valence electrons. The Kier molecular flexibility index (Phi) is 20.2. The fourth-order valence-electron chi connectivity index (χ4n) is 10.7. The summed E-state index contributed by atoms with van der Waals surface area (Å²) in [6, 6.07) is -0.953. The fraction of sp³-hybridized carbons (Fsp3) is 0.682. The van der Waals surface area contributed by atoms with Crippen LogP contribution >= 0.6 is 0 Å². The summed E-state index contributed by atoms with van der Waals surface area (Å²) >= 11 is 0. The highest BCUT2D eigenvalue weighted by Crippen LogP contribution is 2.57. The number of primary amides is 1. The van der Waals surface area contributed by atoms with Gasteiger partial charge in [0, 0.05) is 12.6 Å². The van der Waals surface area contributed by atoms with Gasteiger partial charge < -0.3 is 135 Å². The predicted octanol–water partition coefficient (Wildman–Crippen LogP) is -11.5. The number of rotatable bonds is 12. The normalized spacial score (nSPS) is 40.9. The van der Waals surface area contributed by atoms with Crippen molar-refractivity contribution in [1.82, 2.24) is 10.2 Å². The van der Waals surface area contributed by atoms with Crippen molar-refractivity contribution in [3.63, 3.8) is 0 Å². The molecule has 0 radical (unpaired) electrons. The summed E-state index contributed by atoms with van der Waals surface area (Å²) in [6.07, 6.45) is -21.7. The number of nitrogens with two attached hydrogens (primary N) is 5. The van der Waals surface area contributed by atoms with Crippen LogP contribution in [0.4, 0.5) is 0 Å². The second-order valence-electron chi connectivity index (χ2n) is 19.4. The number of amides is 2. The number of nitrogens with one attached hydrogen (secondary N) is 1. The lowest BCUT2D eigenvalue weighted by molar-refractivity contribution is -0.332. The molecule has 2 saturated carbocycles. The van der Waals surface area contributed by atoms with Crippen molar-refractivity contribution in [3.8, 4) is 5.75 Å². The van der Waals surface area contributed by atoms with Crippen LogP contribution in [-0.4, -0.2) is 260 Å². The lowest BCUT2D eigenvalue weighted by atomic mass is 9.53. The quantitative estimate of drug-likeness (QED) is 0.0864. The molecule has 1 aromatic rings. The number of aliphatic hydroxyl groups excluding tert-OH is 11. The van der Waals surface area contributed by atoms with Gasteiger partial charge in [-0.1, -0.05) is 12.1 Å². The molecule has 75 heavy (non-hydrogen) atoms. The first-order chi connectivity index (χ1) is 34.1. The van der Waals surface area contributed by atoms with Crippen LogP contribution in [0.5, 0.6) is 5.75 Å². The van der Waals surface area contributed by atoms with Gasteiger partial charge in [-0.15, -0.1) is 0 Å². The van der Waals surface area contributed by atoms with E-state index in [0.29, 0.717) is 0 Å². The van der Waals surface area contributed by atoms with E-state index in [1.807, 2.05) is 0 Å². The third-order valence-electron chi connectivity index (χ3n) is 14.5. The Balaban J connectivity index is 0.000000321. The SMILES string of the molecule is CN(C)[C@@H]1C(=O)C(C(N)=O)=C(O)[C@@]2(O)C(=O)C3=C(O)c4c(O)cccc4[C@@](C)(O)[C@H]3[C@H](O)[C@@H]12.NCC[C@H](O)C(=O)N[C@@H]1C[C@H](N)[C@@H](O[C@H]2O[C@H](CN)[C@@H](O)[C@H](O)[C@H]2O)[C@H](O)[C@H]1O[C@H]1O[C@H](CO)[C@@H](O)[C@H](N)[C@H]1O.O.O. The van der Waals surface area contributed by atoms with Gasteiger partial charge in [0.2, 0.25) is 11.7 Å². The van der Waals surface area contributed by atoms with Crippen molar-refractivity contribution in [1.29, 1.82) is 0 Å². The van der Waals surface area contributed by atoms with Crippen LogP contribution < -0.4 is 34.0 Å². The van der Waals surface area contributed by atoms with Crippen LogP contribution in [0.1, 0.15) is 30.9 Å². The maximum Gasteiger partial charge on any atom is 0.255 e. The number of ketones is 2. The number of nitrogens with zero attached hydrogens (tertiary/aromatic N) is 1. The summed E-state index contributed by atoms with van der Waals surface area (Å²) in [5, 5.41) is 151. The number of hydrogen-bond donors (Lipinski definition) is 20. The number of carbonyl (C=O) groups excluding carboxylic acids is 4. The van der Waals surface area contributed by atoms with Crippen molar-refractivity contribution in [2.75, 3.05) is 33.8 Å². The van der Waals surface area contributed by atoms with Crippen LogP contribution in [0.15, 0.2) is 35.1 Å². The van der Waals surface area contributed by atoms with Gasteiger partial charge in [0.1, 0.15) is 90.0 Å². The van der Waals surface area contributed by atoms with Gasteiger partial charge in [0.25, 0.3) is 5.91 Å². The molecule has 4 fully saturated rings. The molecule has 29 N–H and O–H groups in total. The zero-order valence-electron chi connectivity index (χ0n) is 40.7. The number of phenols is 1. The summed E-state index contributed by atoms with van der Waals surface area (Å²) in [6.45, 7) is 0.355. The van der Waals surface area contributed by atoms with Gasteiger partial charge >= 0.3 is 0 Å². The molecule has 0 aromatic heterocycles. The molecule has 22 atom stereocenters. The Morgan fingerprint density at radius 1 is 0.853 bits per heavy atom. The molecule has 31 nitrogen and oxygen atoms in total. The monoisotopic (exact) mass is 1080 g/mol. The van der Waals surface area contributed by atoms with Crippen LogP contribution in [0, 0.1) is 11.8 Å². The zero-order valence-corrected chi connectivity index (χ0v) is 40.7. The molecule has 0 unspecified atom stereocenters. The predicted molar refractivity (Wildman–Crippen MR) is 250 cm³/mol. The van der Waals surface area contributed by atoms with Crippen molar-refractivity contribution in [2.45, 2.75) is 141 Å². The Morgan fingerprint density at radius 3 is 2.00 bits per heavy atom. The highest BCUT2D eigenvalue weighted by atomic mass is 16.7. The van der Waals surface area contributed by atoms with Crippen LogP contribution in [-0.2, 0) is 43.7 Å². The van der Waals surface area contributed by atoms with Crippen LogP contribution in [0.3, 0.4) is 0 Å². The molecule has 7 rings (SSSR count). The number of likely N-dealkylation sites (N-methyl/N-ethyl adjacent to an activating group) is 1. The minimum atomic E-state index is -3.02. The number of aliphatic hydroxyl groups is 13. The van der Waals surface area contributed by atoms with E-state index >= 15 is 0 Å². The number of aromatic hydroxyl groups is 1. The number of phenolic OH excluding ortho intramolecular Hbond substituents is 1. The smallest absolute Gasteiger partial charge is 0.255 e. The van der Waals surface area contributed by atoms with Gasteiger partial charge in [-0.2, -0.15) is 0 Å². The summed E-state index contributed by atoms with van der Waals surface area (Å²) in [5.41, 5.74) is 21.3. The van der Waals surface area contributed by atoms with E-state index in [4.69, 9.17) is 47.6 Å². The standard InChI is InChI=1S/C22H43N5O13.C22H24N2O9.2H2O/c23-2-1-8(29)20(36)27-7-3-6(25)18(39-22-16(34)15(33)13(31)9(4-24)37-22)17(35)19(7)40-21-14(32)11(26)12(30)10(5-28)38-21;1-21(32)7-5-4-6-8(25)9(7)15(26)10-12(21)17(28)13-14(24(2)3)16(27)11(20(23)31)19(30)22(13,33)18(10)29;;/h6-19,21-22,28-35H,1-5,23-26H2,(H,27,36);4-6,12-14,17,25-26,28,30,32-33H,1-3H3,(H2,23,31);2*1H2/t6-,7+,8-,9+,10+,11-,12+,13+,14+,15-,16+,17-,18+,19-,21+,22+;12-,13-,14+,17+,21-,22+;;/m01../s1. The molecule has 2 aliphatic heterocycles. The first-order valence-electron chi connectivity index (χ1n) is 23.1. The average molecular weight is 1080 g/mol. The summed E-state index contributed by atoms with van der Waals surface area (Å²) in [5.74, 6) is -10.5. The molecular formula is C44H71N7O24. The summed E-state index contributed by atoms with van der Waals surface area (Å²) in [7, 11) is 2.80. The number of hydrogen-bond acceptors (Lipinski definition) is 27. The second kappa shape index (κ2) is 24.0. The zero-order chi connectivity index (χ0) is 54.7. The van der Waals surface area contributed by atoms with E-state index in [2.05, 4.69) is 5.32 Å². The lowest BCUT2D eigenvalue weighted by Gasteiger charge is -2.55. The summed E-state index contributed by atoms with van der Waals surface area (Å²) in [4.78, 5) is 52.5. The third-order valence-corrected chi connectivity index (χ3v) is 14.5. The second-order valence-corrected chi connectivity index (χ2v) is 19.4. The van der Waals surface area contributed by atoms with E-state index in [0.717, 1.165) is 0 Å². The molecule has 2 heterocycles. The molecule has 4 aliphatic carbocycles. The molecular weight excluding hydrogens is 1010 g/mol. The Bertz CT molecular complexity index is 2310. The average Bonchev–Trinajstić information content (AvgIpc) is 3.32. The highest BCUT2D eigenvalue weighted by molar-refractivity contribution is 6.24. The molecule has 2 saturated heterocycles.